The molecule has 0 fully saturated rings. The molecule has 0 aliphatic heterocycles. The van der Waals surface area contributed by atoms with Gasteiger partial charge in [0.1, 0.15) is 21.2 Å². The zero-order valence-corrected chi connectivity index (χ0v) is 24.1. The largest absolute Gasteiger partial charge is 0.541 e. The molecule has 7 nitrogen and oxygen atoms in total. The molecular formula is C28H33N3O4SSi. The van der Waals surface area contributed by atoms with E-state index in [1.54, 1.807) is 6.20 Å². The fourth-order valence-corrected chi connectivity index (χ4v) is 5.58. The first-order valence-corrected chi connectivity index (χ1v) is 15.7. The number of ether oxygens (including phenoxy) is 2. The minimum Gasteiger partial charge on any atom is -0.541 e. The lowest BCUT2D eigenvalue weighted by Crippen LogP contribution is -2.43. The lowest BCUT2D eigenvalue weighted by molar-refractivity contribution is 0.0607. The van der Waals surface area contributed by atoms with Gasteiger partial charge in [-0.3, -0.25) is 0 Å². The fraction of sp³-hybridized carbons (Fsp3) is 0.286. The van der Waals surface area contributed by atoms with Crippen LogP contribution >= 0.6 is 11.3 Å². The maximum absolute atomic E-state index is 12.1. The van der Waals surface area contributed by atoms with E-state index in [-0.39, 0.29) is 5.04 Å². The van der Waals surface area contributed by atoms with Crippen molar-refractivity contribution in [2.45, 2.75) is 45.8 Å². The molecule has 2 aromatic carbocycles. The van der Waals surface area contributed by atoms with Crippen LogP contribution < -0.4 is 20.2 Å². The summed E-state index contributed by atoms with van der Waals surface area (Å²) in [5, 5.41) is 4.21. The molecule has 0 spiro atoms. The van der Waals surface area contributed by atoms with Crippen molar-refractivity contribution in [3.8, 4) is 17.2 Å². The number of para-hydroxylation sites is 2. The molecule has 4 rings (SSSR count). The molecule has 0 saturated carbocycles. The lowest BCUT2D eigenvalue weighted by Gasteiger charge is -2.36. The summed E-state index contributed by atoms with van der Waals surface area (Å²) in [7, 11) is -0.689. The van der Waals surface area contributed by atoms with Crippen LogP contribution in [0.25, 0.3) is 10.2 Å². The highest BCUT2D eigenvalue weighted by Crippen LogP contribution is 2.42. The summed E-state index contributed by atoms with van der Waals surface area (Å²) in [6.45, 7) is 13.1. The first-order chi connectivity index (χ1) is 17.4. The molecule has 3 N–H and O–H groups in total. The molecule has 0 saturated heterocycles. The van der Waals surface area contributed by atoms with Crippen molar-refractivity contribution in [2.75, 3.05) is 18.2 Å². The topological polar surface area (TPSA) is 95.7 Å². The zero-order chi connectivity index (χ0) is 27.0. The Balaban J connectivity index is 1.59. The summed E-state index contributed by atoms with van der Waals surface area (Å²) in [5.41, 5.74) is 9.29. The third-order valence-electron chi connectivity index (χ3n) is 6.72. The van der Waals surface area contributed by atoms with Crippen molar-refractivity contribution in [3.63, 3.8) is 0 Å². The molecule has 194 valence electrons. The Kier molecular flexibility index (Phi) is 7.21. The highest BCUT2D eigenvalue weighted by molar-refractivity contribution is 7.21. The predicted octanol–water partition coefficient (Wildman–Crippen LogP) is 7.89. The van der Waals surface area contributed by atoms with Crippen molar-refractivity contribution in [2.24, 2.45) is 0 Å². The third-order valence-corrected chi connectivity index (χ3v) is 12.2. The summed E-state index contributed by atoms with van der Waals surface area (Å²) >= 11 is 1.22. The molecule has 9 heteroatoms. The van der Waals surface area contributed by atoms with E-state index in [4.69, 9.17) is 19.6 Å². The van der Waals surface area contributed by atoms with Gasteiger partial charge in [0.15, 0.2) is 5.75 Å². The van der Waals surface area contributed by atoms with E-state index in [0.29, 0.717) is 32.3 Å². The van der Waals surface area contributed by atoms with Crippen molar-refractivity contribution >= 4 is 52.9 Å². The zero-order valence-electron chi connectivity index (χ0n) is 22.3. The van der Waals surface area contributed by atoms with Crippen LogP contribution in [-0.4, -0.2) is 26.4 Å². The van der Waals surface area contributed by atoms with Crippen LogP contribution in [0.2, 0.25) is 18.1 Å². The number of carbonyl (C=O) groups is 1. The average molecular weight is 536 g/mol. The second-order valence-electron chi connectivity index (χ2n) is 10.4. The Morgan fingerprint density at radius 1 is 1.05 bits per heavy atom. The average Bonchev–Trinajstić information content (AvgIpc) is 3.18. The number of nitrogens with zero attached hydrogens (tertiary/aromatic N) is 1. The van der Waals surface area contributed by atoms with Gasteiger partial charge in [-0.15, -0.1) is 11.3 Å². The van der Waals surface area contributed by atoms with Gasteiger partial charge in [0.25, 0.3) is 8.32 Å². The number of anilines is 3. The monoisotopic (exact) mass is 535 g/mol. The maximum Gasteiger partial charge on any atom is 0.350 e. The minimum atomic E-state index is -2.03. The summed E-state index contributed by atoms with van der Waals surface area (Å²) in [6.07, 6.45) is 1.69. The number of hydrogen-bond acceptors (Lipinski definition) is 8. The molecule has 2 heterocycles. The van der Waals surface area contributed by atoms with Gasteiger partial charge in [0.05, 0.1) is 23.9 Å². The molecular weight excluding hydrogens is 502 g/mol. The number of rotatable bonds is 7. The second-order valence-corrected chi connectivity index (χ2v) is 16.1. The molecule has 0 aliphatic rings. The lowest BCUT2D eigenvalue weighted by atomic mass is 10.1. The number of hydrogen-bond donors (Lipinski definition) is 2. The van der Waals surface area contributed by atoms with Crippen LogP contribution in [0.3, 0.4) is 0 Å². The Hall–Kier alpha value is -3.56. The SMILES string of the molecule is COC(=O)c1sc2nccc(Nc3ccc(Oc4ccccc4O[Si](C)(C)C(C)(C)C)cc3C)c2c1N. The molecule has 4 aromatic rings. The van der Waals surface area contributed by atoms with E-state index in [9.17, 15) is 4.79 Å². The van der Waals surface area contributed by atoms with Gasteiger partial charge in [-0.05, 0) is 67.0 Å². The molecule has 37 heavy (non-hydrogen) atoms. The molecule has 0 atom stereocenters. The van der Waals surface area contributed by atoms with Crippen LogP contribution in [0, 0.1) is 6.92 Å². The molecule has 0 aliphatic carbocycles. The molecule has 0 bridgehead atoms. The quantitative estimate of drug-likeness (QED) is 0.183. The second kappa shape index (κ2) is 10.1. The Labute approximate surface area is 222 Å². The summed E-state index contributed by atoms with van der Waals surface area (Å²) < 4.78 is 17.7. The number of pyridine rings is 1. The van der Waals surface area contributed by atoms with Crippen LogP contribution in [0.15, 0.2) is 54.7 Å². The maximum atomic E-state index is 12.1. The van der Waals surface area contributed by atoms with E-state index in [2.05, 4.69) is 44.2 Å². The van der Waals surface area contributed by atoms with Gasteiger partial charge in [0, 0.05) is 11.9 Å². The van der Waals surface area contributed by atoms with Crippen LogP contribution in [0.4, 0.5) is 17.1 Å². The number of aromatic nitrogens is 1. The van der Waals surface area contributed by atoms with E-state index in [1.165, 1.54) is 18.4 Å². The number of esters is 1. The van der Waals surface area contributed by atoms with E-state index in [0.717, 1.165) is 22.7 Å². The van der Waals surface area contributed by atoms with Crippen molar-refractivity contribution in [1.29, 1.82) is 0 Å². The van der Waals surface area contributed by atoms with Gasteiger partial charge < -0.3 is 25.0 Å². The summed E-state index contributed by atoms with van der Waals surface area (Å²) in [5.74, 6) is 1.67. The summed E-state index contributed by atoms with van der Waals surface area (Å²) in [4.78, 5) is 17.5. The van der Waals surface area contributed by atoms with Crippen molar-refractivity contribution in [1.82, 2.24) is 4.98 Å². The van der Waals surface area contributed by atoms with E-state index >= 15 is 0 Å². The Morgan fingerprint density at radius 3 is 2.41 bits per heavy atom. The molecule has 0 unspecified atom stereocenters. The summed E-state index contributed by atoms with van der Waals surface area (Å²) in [6, 6.07) is 15.5. The smallest absolute Gasteiger partial charge is 0.350 e. The predicted molar refractivity (Wildman–Crippen MR) is 154 cm³/mol. The fourth-order valence-electron chi connectivity index (χ4n) is 3.55. The number of methoxy groups -OCH3 is 1. The Morgan fingerprint density at radius 2 is 1.76 bits per heavy atom. The number of fused-ring (bicyclic) bond motifs is 1. The van der Waals surface area contributed by atoms with Gasteiger partial charge in [-0.1, -0.05) is 32.9 Å². The minimum absolute atomic E-state index is 0.0753. The van der Waals surface area contributed by atoms with Gasteiger partial charge in [0.2, 0.25) is 0 Å². The number of nitrogen functional groups attached to an aromatic ring is 1. The third kappa shape index (κ3) is 5.42. The molecule has 0 radical (unpaired) electrons. The number of thiophene rings is 1. The Bertz CT molecular complexity index is 1460. The molecule has 0 amide bonds. The standard InChI is InChI=1S/C28H33N3O4SSi/c1-17-16-18(34-21-10-8-9-11-22(21)35-37(6,7)28(2,3)4)12-13-19(17)31-20-14-15-30-26-23(20)24(29)25(36-26)27(32)33-5/h8-16H,29H2,1-7H3,(H,30,31). The highest BCUT2D eigenvalue weighted by atomic mass is 32.1. The van der Waals surface area contributed by atoms with Gasteiger partial charge in [-0.25, -0.2) is 9.78 Å². The first-order valence-electron chi connectivity index (χ1n) is 12.0. The van der Waals surface area contributed by atoms with Gasteiger partial charge in [-0.2, -0.15) is 0 Å². The van der Waals surface area contributed by atoms with Crippen LogP contribution in [0.1, 0.15) is 36.0 Å². The van der Waals surface area contributed by atoms with Crippen LogP contribution in [0.5, 0.6) is 17.2 Å². The van der Waals surface area contributed by atoms with Gasteiger partial charge >= 0.3 is 5.97 Å². The number of carbonyl (C=O) groups excluding carboxylic acids is 1. The van der Waals surface area contributed by atoms with Crippen molar-refractivity contribution < 1.29 is 18.7 Å². The first kappa shape index (κ1) is 26.5. The molecule has 2 aromatic heterocycles. The van der Waals surface area contributed by atoms with E-state index < -0.39 is 14.3 Å². The number of benzene rings is 2. The van der Waals surface area contributed by atoms with Crippen LogP contribution in [-0.2, 0) is 4.74 Å². The van der Waals surface area contributed by atoms with Crippen molar-refractivity contribution in [3.05, 3.63) is 65.2 Å². The van der Waals surface area contributed by atoms with E-state index in [1.807, 2.05) is 55.5 Å². The number of nitrogens with two attached hydrogens (primary N) is 1. The normalized spacial score (nSPS) is 11.9. The number of nitrogens with one attached hydrogen (secondary N) is 1. The number of aryl methyl sites for hydroxylation is 1. The highest BCUT2D eigenvalue weighted by Gasteiger charge is 2.39.